The lowest BCUT2D eigenvalue weighted by Gasteiger charge is -2.26. The fraction of sp³-hybridized carbons (Fsp3) is 0.500. The van der Waals surface area contributed by atoms with Gasteiger partial charge in [-0.05, 0) is 12.5 Å². The van der Waals surface area contributed by atoms with E-state index in [1.54, 1.807) is 0 Å². The molecule has 0 N–H and O–H groups in total. The molecule has 0 bridgehead atoms. The summed E-state index contributed by atoms with van der Waals surface area (Å²) in [6, 6.07) is 1.91. The fourth-order valence-corrected chi connectivity index (χ4v) is 0.930. The molecule has 1 aliphatic heterocycles. The molecule has 3 nitrogen and oxygen atoms in total. The molecule has 1 atom stereocenters. The highest BCUT2D eigenvalue weighted by atomic mass is 16.5. The first-order valence-electron chi connectivity index (χ1n) is 3.38. The Morgan fingerprint density at radius 3 is 2.82 bits per heavy atom. The van der Waals surface area contributed by atoms with Gasteiger partial charge in [0.25, 0.3) is 0 Å². The third-order valence-corrected chi connectivity index (χ3v) is 1.98. The number of rotatable bonds is 0. The molecule has 0 aliphatic carbocycles. The van der Waals surface area contributed by atoms with Gasteiger partial charge in [-0.25, -0.2) is 4.79 Å². The standard InChI is InChI=1S/C8H9NO2/c1-6-3-4-11-7(10)8(6,2)5-9/h1,3-4H2,2H3. The van der Waals surface area contributed by atoms with Crippen molar-refractivity contribution in [1.82, 2.24) is 0 Å². The fourth-order valence-electron chi connectivity index (χ4n) is 0.930. The number of cyclic esters (lactones) is 1. The minimum Gasteiger partial charge on any atom is -0.464 e. The highest BCUT2D eigenvalue weighted by Crippen LogP contribution is 2.32. The zero-order valence-electron chi connectivity index (χ0n) is 6.39. The molecule has 0 amide bonds. The Hall–Kier alpha value is -1.30. The lowest BCUT2D eigenvalue weighted by Crippen LogP contribution is -2.35. The van der Waals surface area contributed by atoms with Gasteiger partial charge in [0.15, 0.2) is 5.41 Å². The molecule has 1 saturated heterocycles. The minimum atomic E-state index is -1.11. The highest BCUT2D eigenvalue weighted by molar-refractivity contribution is 5.84. The summed E-state index contributed by atoms with van der Waals surface area (Å²) >= 11 is 0. The summed E-state index contributed by atoms with van der Waals surface area (Å²) in [6.07, 6.45) is 0.593. The lowest BCUT2D eigenvalue weighted by atomic mass is 9.81. The maximum Gasteiger partial charge on any atom is 0.330 e. The van der Waals surface area contributed by atoms with Crippen molar-refractivity contribution >= 4 is 5.97 Å². The number of nitriles is 1. The molecule has 0 saturated carbocycles. The maximum absolute atomic E-state index is 11.1. The Kier molecular flexibility index (Phi) is 1.69. The molecule has 1 aliphatic rings. The van der Waals surface area contributed by atoms with Crippen LogP contribution in [0.5, 0.6) is 0 Å². The SMILES string of the molecule is C=C1CCOC(=O)C1(C)C#N. The van der Waals surface area contributed by atoms with Crippen LogP contribution < -0.4 is 0 Å². The van der Waals surface area contributed by atoms with E-state index in [0.717, 1.165) is 0 Å². The second-order valence-corrected chi connectivity index (χ2v) is 2.73. The van der Waals surface area contributed by atoms with Gasteiger partial charge in [-0.1, -0.05) is 6.58 Å². The maximum atomic E-state index is 11.1. The van der Waals surface area contributed by atoms with Crippen LogP contribution in [0.3, 0.4) is 0 Å². The van der Waals surface area contributed by atoms with Gasteiger partial charge in [0.05, 0.1) is 12.7 Å². The van der Waals surface area contributed by atoms with E-state index in [1.807, 2.05) is 6.07 Å². The van der Waals surface area contributed by atoms with E-state index < -0.39 is 11.4 Å². The van der Waals surface area contributed by atoms with E-state index in [1.165, 1.54) is 6.92 Å². The summed E-state index contributed by atoms with van der Waals surface area (Å²) in [5.74, 6) is -0.476. The first kappa shape index (κ1) is 7.80. The summed E-state index contributed by atoms with van der Waals surface area (Å²) in [4.78, 5) is 11.1. The number of ether oxygens (including phenoxy) is 1. The summed E-state index contributed by atoms with van der Waals surface area (Å²) in [7, 11) is 0. The summed E-state index contributed by atoms with van der Waals surface area (Å²) in [5.41, 5.74) is -0.464. The van der Waals surface area contributed by atoms with E-state index in [9.17, 15) is 4.79 Å². The smallest absolute Gasteiger partial charge is 0.330 e. The predicted octanol–water partition coefficient (Wildman–Crippen LogP) is 1.02. The van der Waals surface area contributed by atoms with Crippen molar-refractivity contribution < 1.29 is 9.53 Å². The van der Waals surface area contributed by atoms with E-state index in [0.29, 0.717) is 18.6 Å². The van der Waals surface area contributed by atoms with Gasteiger partial charge in [0, 0.05) is 6.42 Å². The molecule has 0 spiro atoms. The Morgan fingerprint density at radius 2 is 2.45 bits per heavy atom. The molecule has 1 fully saturated rings. The number of esters is 1. The van der Waals surface area contributed by atoms with Gasteiger partial charge in [0.1, 0.15) is 0 Å². The molecular weight excluding hydrogens is 142 g/mol. The van der Waals surface area contributed by atoms with E-state index in [-0.39, 0.29) is 0 Å². The second kappa shape index (κ2) is 2.39. The molecule has 0 aromatic carbocycles. The van der Waals surface area contributed by atoms with Crippen molar-refractivity contribution in [3.05, 3.63) is 12.2 Å². The molecule has 0 radical (unpaired) electrons. The predicted molar refractivity (Wildman–Crippen MR) is 38.4 cm³/mol. The topological polar surface area (TPSA) is 50.1 Å². The van der Waals surface area contributed by atoms with Gasteiger partial charge in [-0.15, -0.1) is 0 Å². The van der Waals surface area contributed by atoms with Crippen LogP contribution in [0.1, 0.15) is 13.3 Å². The van der Waals surface area contributed by atoms with Gasteiger partial charge in [-0.2, -0.15) is 5.26 Å². The molecule has 1 unspecified atom stereocenters. The molecule has 1 rings (SSSR count). The summed E-state index contributed by atoms with van der Waals surface area (Å²) < 4.78 is 4.73. The second-order valence-electron chi connectivity index (χ2n) is 2.73. The van der Waals surface area contributed by atoms with Crippen molar-refractivity contribution in [2.75, 3.05) is 6.61 Å². The Balaban J connectivity index is 2.98. The monoisotopic (exact) mass is 151 g/mol. The van der Waals surface area contributed by atoms with Crippen molar-refractivity contribution in [2.24, 2.45) is 5.41 Å². The molecule has 0 aromatic heterocycles. The van der Waals surface area contributed by atoms with Crippen LogP contribution >= 0.6 is 0 Å². The van der Waals surface area contributed by atoms with Crippen LogP contribution in [-0.4, -0.2) is 12.6 Å². The first-order valence-corrected chi connectivity index (χ1v) is 3.38. The highest BCUT2D eigenvalue weighted by Gasteiger charge is 2.40. The summed E-state index contributed by atoms with van der Waals surface area (Å²) in [5, 5.41) is 8.68. The number of hydrogen-bond donors (Lipinski definition) is 0. The zero-order valence-corrected chi connectivity index (χ0v) is 6.39. The molecule has 58 valence electrons. The lowest BCUT2D eigenvalue weighted by molar-refractivity contribution is -0.152. The Morgan fingerprint density at radius 1 is 1.82 bits per heavy atom. The van der Waals surface area contributed by atoms with Crippen molar-refractivity contribution in [2.45, 2.75) is 13.3 Å². The average Bonchev–Trinajstić information content (AvgIpc) is 2.00. The van der Waals surface area contributed by atoms with Gasteiger partial charge in [0.2, 0.25) is 0 Å². The molecule has 1 heterocycles. The van der Waals surface area contributed by atoms with Crippen LogP contribution in [0.15, 0.2) is 12.2 Å². The van der Waals surface area contributed by atoms with Crippen LogP contribution in [-0.2, 0) is 9.53 Å². The average molecular weight is 151 g/mol. The Labute approximate surface area is 65.3 Å². The van der Waals surface area contributed by atoms with E-state index >= 15 is 0 Å². The van der Waals surface area contributed by atoms with E-state index in [2.05, 4.69) is 6.58 Å². The van der Waals surface area contributed by atoms with Crippen LogP contribution in [0.2, 0.25) is 0 Å². The van der Waals surface area contributed by atoms with Crippen LogP contribution in [0.25, 0.3) is 0 Å². The number of carbonyl (C=O) groups excluding carboxylic acids is 1. The van der Waals surface area contributed by atoms with Crippen molar-refractivity contribution in [3.63, 3.8) is 0 Å². The minimum absolute atomic E-state index is 0.356. The third kappa shape index (κ3) is 1.01. The molecular formula is C8H9NO2. The first-order chi connectivity index (χ1) is 5.11. The van der Waals surface area contributed by atoms with Crippen LogP contribution in [0, 0.1) is 16.7 Å². The molecule has 11 heavy (non-hydrogen) atoms. The third-order valence-electron chi connectivity index (χ3n) is 1.98. The van der Waals surface area contributed by atoms with Crippen LogP contribution in [0.4, 0.5) is 0 Å². The van der Waals surface area contributed by atoms with Crippen molar-refractivity contribution in [1.29, 1.82) is 5.26 Å². The molecule has 3 heteroatoms. The number of hydrogen-bond acceptors (Lipinski definition) is 3. The quantitative estimate of drug-likeness (QED) is 0.383. The van der Waals surface area contributed by atoms with Gasteiger partial charge in [-0.3, -0.25) is 0 Å². The number of carbonyl (C=O) groups is 1. The Bertz CT molecular complexity index is 233. The normalized spacial score (nSPS) is 30.9. The van der Waals surface area contributed by atoms with Gasteiger partial charge < -0.3 is 4.74 Å². The van der Waals surface area contributed by atoms with E-state index in [4.69, 9.17) is 10.00 Å². The number of nitrogens with zero attached hydrogens (tertiary/aromatic N) is 1. The van der Waals surface area contributed by atoms with Crippen molar-refractivity contribution in [3.8, 4) is 6.07 Å². The summed E-state index contributed by atoms with van der Waals surface area (Å²) in [6.45, 7) is 5.56. The van der Waals surface area contributed by atoms with Gasteiger partial charge >= 0.3 is 5.97 Å². The zero-order chi connectivity index (χ0) is 8.48. The molecule has 0 aromatic rings. The largest absolute Gasteiger partial charge is 0.464 e.